The normalized spacial score (nSPS) is 10.8. The first kappa shape index (κ1) is 21.2. The summed E-state index contributed by atoms with van der Waals surface area (Å²) in [4.78, 5) is 12.6. The number of benzene rings is 3. The summed E-state index contributed by atoms with van der Waals surface area (Å²) >= 11 is 7.38. The highest BCUT2D eigenvalue weighted by atomic mass is 35.5. The van der Waals surface area contributed by atoms with E-state index in [-0.39, 0.29) is 11.5 Å². The molecule has 0 spiro atoms. The molecule has 0 bridgehead atoms. The molecule has 4 aromatic rings. The number of ether oxygens (including phenoxy) is 1. The highest BCUT2D eigenvalue weighted by molar-refractivity contribution is 7.99. The van der Waals surface area contributed by atoms with Gasteiger partial charge in [-0.2, -0.15) is 0 Å². The van der Waals surface area contributed by atoms with E-state index in [1.807, 2.05) is 47.0 Å². The summed E-state index contributed by atoms with van der Waals surface area (Å²) in [7, 11) is 1.64. The Labute approximate surface area is 190 Å². The topological polar surface area (TPSA) is 57.0 Å². The lowest BCUT2D eigenvalue weighted by atomic mass is 10.1. The first-order valence-corrected chi connectivity index (χ1v) is 11.0. The number of ketones is 1. The van der Waals surface area contributed by atoms with Crippen molar-refractivity contribution in [1.82, 2.24) is 14.8 Å². The Balaban J connectivity index is 1.62. The van der Waals surface area contributed by atoms with Crippen LogP contribution in [0.4, 0.5) is 0 Å². The fourth-order valence-electron chi connectivity index (χ4n) is 3.15. The van der Waals surface area contributed by atoms with Gasteiger partial charge in [0.1, 0.15) is 11.6 Å². The monoisotopic (exact) mass is 449 g/mol. The van der Waals surface area contributed by atoms with E-state index in [4.69, 9.17) is 16.3 Å². The molecule has 0 aliphatic carbocycles. The van der Waals surface area contributed by atoms with Crippen molar-refractivity contribution in [3.63, 3.8) is 0 Å². The van der Waals surface area contributed by atoms with Gasteiger partial charge in [-0.1, -0.05) is 65.8 Å². The highest BCUT2D eigenvalue weighted by Gasteiger charge is 2.17. The maximum Gasteiger partial charge on any atom is 0.196 e. The van der Waals surface area contributed by atoms with Crippen molar-refractivity contribution in [2.75, 3.05) is 12.9 Å². The average molecular weight is 450 g/mol. The second-order valence-electron chi connectivity index (χ2n) is 6.82. The van der Waals surface area contributed by atoms with Gasteiger partial charge in [0, 0.05) is 22.7 Å². The molecule has 0 unspecified atom stereocenters. The zero-order chi connectivity index (χ0) is 21.6. The van der Waals surface area contributed by atoms with Crippen LogP contribution >= 0.6 is 23.4 Å². The van der Waals surface area contributed by atoms with E-state index in [1.54, 1.807) is 31.4 Å². The summed E-state index contributed by atoms with van der Waals surface area (Å²) < 4.78 is 7.27. The Kier molecular flexibility index (Phi) is 6.70. The zero-order valence-corrected chi connectivity index (χ0v) is 18.4. The number of hydrogen-bond donors (Lipinski definition) is 0. The maximum absolute atomic E-state index is 12.6. The third kappa shape index (κ3) is 5.16. The molecule has 5 nitrogen and oxygen atoms in total. The van der Waals surface area contributed by atoms with Crippen LogP contribution in [0, 0.1) is 0 Å². The van der Waals surface area contributed by atoms with E-state index >= 15 is 0 Å². The van der Waals surface area contributed by atoms with E-state index in [2.05, 4.69) is 22.3 Å². The van der Waals surface area contributed by atoms with Crippen LogP contribution in [0.3, 0.4) is 0 Å². The maximum atomic E-state index is 12.6. The van der Waals surface area contributed by atoms with Gasteiger partial charge >= 0.3 is 0 Å². The molecule has 0 saturated carbocycles. The molecule has 0 aliphatic rings. The summed E-state index contributed by atoms with van der Waals surface area (Å²) in [5, 5.41) is 10.0. The lowest BCUT2D eigenvalue weighted by Crippen LogP contribution is -2.06. The number of thioether (sulfide) groups is 1. The summed E-state index contributed by atoms with van der Waals surface area (Å²) in [6, 6.07) is 24.8. The second kappa shape index (κ2) is 9.81. The van der Waals surface area contributed by atoms with Gasteiger partial charge < -0.3 is 4.74 Å². The van der Waals surface area contributed by atoms with Crippen LogP contribution in [-0.4, -0.2) is 33.4 Å². The molecular weight excluding hydrogens is 430 g/mol. The standard InChI is InChI=1S/C24H20ClN3O2S/c1-30-21-12-10-20(11-13-21)28-23(14-17-6-3-2-4-7-17)26-27-24(28)31-16-22(29)18-8-5-9-19(25)15-18/h2-13,15H,14,16H2,1H3. The average Bonchev–Trinajstić information content (AvgIpc) is 3.20. The SMILES string of the molecule is COc1ccc(-n2c(Cc3ccccc3)nnc2SCC(=O)c2cccc(Cl)c2)cc1. The largest absolute Gasteiger partial charge is 0.497 e. The molecular formula is C24H20ClN3O2S. The van der Waals surface area contributed by atoms with Gasteiger partial charge in [0.2, 0.25) is 0 Å². The lowest BCUT2D eigenvalue weighted by Gasteiger charge is -2.11. The van der Waals surface area contributed by atoms with Crippen LogP contribution in [0.25, 0.3) is 5.69 Å². The minimum atomic E-state index is -0.0126. The molecule has 0 radical (unpaired) electrons. The molecule has 0 N–H and O–H groups in total. The molecule has 1 aromatic heterocycles. The van der Waals surface area contributed by atoms with E-state index in [1.165, 1.54) is 11.8 Å². The van der Waals surface area contributed by atoms with Crippen LogP contribution in [0.5, 0.6) is 5.75 Å². The predicted octanol–water partition coefficient (Wildman–Crippen LogP) is 5.50. The molecule has 3 aromatic carbocycles. The summed E-state index contributed by atoms with van der Waals surface area (Å²) in [5.41, 5.74) is 2.63. The number of carbonyl (C=O) groups is 1. The third-order valence-electron chi connectivity index (χ3n) is 4.72. The Morgan fingerprint density at radius 2 is 1.77 bits per heavy atom. The van der Waals surface area contributed by atoms with Crippen LogP contribution in [0.15, 0.2) is 84.0 Å². The third-order valence-corrected chi connectivity index (χ3v) is 5.88. The van der Waals surface area contributed by atoms with Gasteiger partial charge in [-0.3, -0.25) is 9.36 Å². The van der Waals surface area contributed by atoms with E-state index in [0.717, 1.165) is 22.8 Å². The molecule has 4 rings (SSSR count). The number of rotatable bonds is 8. The fraction of sp³-hybridized carbons (Fsp3) is 0.125. The number of nitrogens with zero attached hydrogens (tertiary/aromatic N) is 3. The minimum Gasteiger partial charge on any atom is -0.497 e. The Hall–Kier alpha value is -3.09. The van der Waals surface area contributed by atoms with E-state index in [9.17, 15) is 4.79 Å². The van der Waals surface area contributed by atoms with Crippen LogP contribution in [0.2, 0.25) is 5.02 Å². The van der Waals surface area contributed by atoms with Crippen molar-refractivity contribution >= 4 is 29.1 Å². The summed E-state index contributed by atoms with van der Waals surface area (Å²) in [6.07, 6.45) is 0.628. The van der Waals surface area contributed by atoms with Gasteiger partial charge in [-0.05, 0) is 42.0 Å². The first-order valence-electron chi connectivity index (χ1n) is 9.68. The molecule has 156 valence electrons. The Bertz CT molecular complexity index is 1180. The van der Waals surface area contributed by atoms with E-state index < -0.39 is 0 Å². The van der Waals surface area contributed by atoms with E-state index in [0.29, 0.717) is 22.2 Å². The quantitative estimate of drug-likeness (QED) is 0.263. The van der Waals surface area contributed by atoms with Gasteiger partial charge in [0.15, 0.2) is 10.9 Å². The van der Waals surface area contributed by atoms with Crippen molar-refractivity contribution in [3.8, 4) is 11.4 Å². The van der Waals surface area contributed by atoms with Gasteiger partial charge in [0.05, 0.1) is 12.9 Å². The summed E-state index contributed by atoms with van der Waals surface area (Å²) in [5.74, 6) is 1.79. The van der Waals surface area contributed by atoms with Gasteiger partial charge in [-0.15, -0.1) is 10.2 Å². The number of aromatic nitrogens is 3. The van der Waals surface area contributed by atoms with Crippen LogP contribution < -0.4 is 4.74 Å². The van der Waals surface area contributed by atoms with Gasteiger partial charge in [0.25, 0.3) is 0 Å². The van der Waals surface area contributed by atoms with Gasteiger partial charge in [-0.25, -0.2) is 0 Å². The minimum absolute atomic E-state index is 0.0126. The van der Waals surface area contributed by atoms with Crippen LogP contribution in [0.1, 0.15) is 21.7 Å². The fourth-order valence-corrected chi connectivity index (χ4v) is 4.21. The predicted molar refractivity (Wildman–Crippen MR) is 124 cm³/mol. The molecule has 1 heterocycles. The first-order chi connectivity index (χ1) is 15.1. The molecule has 0 saturated heterocycles. The smallest absolute Gasteiger partial charge is 0.196 e. The number of hydrogen-bond acceptors (Lipinski definition) is 5. The molecule has 0 fully saturated rings. The van der Waals surface area contributed by atoms with Crippen molar-refractivity contribution < 1.29 is 9.53 Å². The number of halogens is 1. The molecule has 7 heteroatoms. The van der Waals surface area contributed by atoms with Crippen molar-refractivity contribution in [3.05, 3.63) is 101 Å². The van der Waals surface area contributed by atoms with Crippen molar-refractivity contribution in [2.45, 2.75) is 11.6 Å². The van der Waals surface area contributed by atoms with Crippen molar-refractivity contribution in [2.24, 2.45) is 0 Å². The molecule has 31 heavy (non-hydrogen) atoms. The summed E-state index contributed by atoms with van der Waals surface area (Å²) in [6.45, 7) is 0. The molecule has 0 atom stereocenters. The number of Topliss-reactive ketones (excluding diaryl/α,β-unsaturated/α-hetero) is 1. The Morgan fingerprint density at radius 1 is 1.00 bits per heavy atom. The molecule has 0 amide bonds. The molecule has 0 aliphatic heterocycles. The lowest BCUT2D eigenvalue weighted by molar-refractivity contribution is 0.102. The van der Waals surface area contributed by atoms with Crippen molar-refractivity contribution in [1.29, 1.82) is 0 Å². The number of carbonyl (C=O) groups excluding carboxylic acids is 1. The van der Waals surface area contributed by atoms with Crippen LogP contribution in [-0.2, 0) is 6.42 Å². The zero-order valence-electron chi connectivity index (χ0n) is 16.9. The Morgan fingerprint density at radius 3 is 2.48 bits per heavy atom. The highest BCUT2D eigenvalue weighted by Crippen LogP contribution is 2.26. The number of methoxy groups -OCH3 is 1. The second-order valence-corrected chi connectivity index (χ2v) is 8.20.